The first-order valence-corrected chi connectivity index (χ1v) is 9.99. The van der Waals surface area contributed by atoms with E-state index in [1.165, 1.54) is 7.11 Å². The molecule has 7 heteroatoms. The van der Waals surface area contributed by atoms with Gasteiger partial charge < -0.3 is 20.7 Å². The van der Waals surface area contributed by atoms with Gasteiger partial charge >= 0.3 is 6.09 Å². The first kappa shape index (κ1) is 21.5. The highest BCUT2D eigenvalue weighted by Gasteiger charge is 2.41. The van der Waals surface area contributed by atoms with Crippen molar-refractivity contribution in [1.29, 1.82) is 0 Å². The zero-order valence-corrected chi connectivity index (χ0v) is 16.9. The number of rotatable bonds is 8. The fourth-order valence-corrected chi connectivity index (χ4v) is 4.02. The van der Waals surface area contributed by atoms with E-state index in [1.54, 1.807) is 0 Å². The van der Waals surface area contributed by atoms with Crippen LogP contribution < -0.4 is 16.0 Å². The van der Waals surface area contributed by atoms with Crippen LogP contribution in [0.15, 0.2) is 24.3 Å². The molecule has 1 aromatic rings. The van der Waals surface area contributed by atoms with Gasteiger partial charge in [0.25, 0.3) is 0 Å². The van der Waals surface area contributed by atoms with Gasteiger partial charge in [0, 0.05) is 24.5 Å². The number of methoxy groups -OCH3 is 1. The van der Waals surface area contributed by atoms with Gasteiger partial charge in [-0.25, -0.2) is 4.79 Å². The Kier molecular flexibility index (Phi) is 8.38. The smallest absolute Gasteiger partial charge is 0.406 e. The highest BCUT2D eigenvalue weighted by Crippen LogP contribution is 2.39. The Hall–Kier alpha value is -1.79. The average molecular weight is 396 g/mol. The minimum absolute atomic E-state index is 0.0153. The summed E-state index contributed by atoms with van der Waals surface area (Å²) >= 11 is 6.28. The molecule has 0 saturated carbocycles. The van der Waals surface area contributed by atoms with Crippen LogP contribution in [-0.4, -0.2) is 38.7 Å². The molecular weight excluding hydrogens is 366 g/mol. The lowest BCUT2D eigenvalue weighted by Crippen LogP contribution is -2.55. The Bertz CT molecular complexity index is 635. The summed E-state index contributed by atoms with van der Waals surface area (Å²) in [6.45, 7) is 4.17. The van der Waals surface area contributed by atoms with Crippen molar-refractivity contribution >= 4 is 23.6 Å². The minimum atomic E-state index is -0.525. The van der Waals surface area contributed by atoms with Crippen LogP contribution in [0.2, 0.25) is 5.02 Å². The number of benzene rings is 1. The van der Waals surface area contributed by atoms with Gasteiger partial charge in [-0.1, -0.05) is 30.7 Å². The Morgan fingerprint density at radius 3 is 2.85 bits per heavy atom. The number of amides is 2. The van der Waals surface area contributed by atoms with Gasteiger partial charge in [0.1, 0.15) is 0 Å². The standard InChI is InChI=1S/C20H30ClN3O3/c1-3-18(25)24-20(16-8-5-11-22-14-16,10-6-12-23-19(26)27-2)15-7-4-9-17(21)13-15/h4,7,9,13,16,22H,3,5-6,8,10-12,14H2,1-2H3,(H,23,26)(H,24,25)/t16-,20+/m1/s1. The van der Waals surface area contributed by atoms with Gasteiger partial charge in [0.2, 0.25) is 5.91 Å². The van der Waals surface area contributed by atoms with Gasteiger partial charge in [0.05, 0.1) is 12.6 Å². The topological polar surface area (TPSA) is 79.5 Å². The molecule has 3 N–H and O–H groups in total. The molecule has 1 aliphatic rings. The van der Waals surface area contributed by atoms with E-state index in [2.05, 4.69) is 20.7 Å². The third-order valence-corrected chi connectivity index (χ3v) is 5.45. The summed E-state index contributed by atoms with van der Waals surface area (Å²) in [7, 11) is 1.35. The Labute approximate surface area is 166 Å². The lowest BCUT2D eigenvalue weighted by Gasteiger charge is -2.44. The molecule has 1 aromatic carbocycles. The van der Waals surface area contributed by atoms with E-state index in [0.717, 1.165) is 31.5 Å². The predicted octanol–water partition coefficient (Wildman–Crippen LogP) is 3.20. The van der Waals surface area contributed by atoms with Gasteiger partial charge in [-0.2, -0.15) is 0 Å². The molecule has 2 rings (SSSR count). The zero-order valence-electron chi connectivity index (χ0n) is 16.1. The van der Waals surface area contributed by atoms with E-state index in [4.69, 9.17) is 11.6 Å². The Morgan fingerprint density at radius 2 is 2.22 bits per heavy atom. The average Bonchev–Trinajstić information content (AvgIpc) is 2.70. The van der Waals surface area contributed by atoms with Crippen molar-refractivity contribution in [3.05, 3.63) is 34.9 Å². The number of halogens is 1. The highest BCUT2D eigenvalue weighted by atomic mass is 35.5. The van der Waals surface area contributed by atoms with Crippen LogP contribution in [0.3, 0.4) is 0 Å². The molecule has 1 heterocycles. The van der Waals surface area contributed by atoms with Crippen molar-refractivity contribution in [3.63, 3.8) is 0 Å². The van der Waals surface area contributed by atoms with E-state index >= 15 is 0 Å². The van der Waals surface area contributed by atoms with Crippen LogP contribution in [0.4, 0.5) is 4.79 Å². The quantitative estimate of drug-likeness (QED) is 0.590. The number of nitrogens with one attached hydrogen (secondary N) is 3. The molecule has 0 aromatic heterocycles. The predicted molar refractivity (Wildman–Crippen MR) is 107 cm³/mol. The second kappa shape index (κ2) is 10.5. The van der Waals surface area contributed by atoms with Gasteiger partial charge in [0.15, 0.2) is 0 Å². The summed E-state index contributed by atoms with van der Waals surface area (Å²) in [5.74, 6) is 0.264. The summed E-state index contributed by atoms with van der Waals surface area (Å²) in [4.78, 5) is 23.8. The van der Waals surface area contributed by atoms with Crippen molar-refractivity contribution in [3.8, 4) is 0 Å². The van der Waals surface area contributed by atoms with Crippen LogP contribution in [0.25, 0.3) is 0 Å². The number of ether oxygens (including phenoxy) is 1. The molecule has 2 amide bonds. The highest BCUT2D eigenvalue weighted by molar-refractivity contribution is 6.30. The summed E-state index contributed by atoms with van der Waals surface area (Å²) in [6, 6.07) is 7.74. The first-order valence-electron chi connectivity index (χ1n) is 9.61. The third-order valence-electron chi connectivity index (χ3n) is 5.22. The maximum atomic E-state index is 12.5. The molecule has 1 fully saturated rings. The number of carbonyl (C=O) groups is 2. The fourth-order valence-electron chi connectivity index (χ4n) is 3.83. The molecule has 0 radical (unpaired) electrons. The van der Waals surface area contributed by atoms with Gasteiger partial charge in [-0.3, -0.25) is 4.79 Å². The van der Waals surface area contributed by atoms with Gasteiger partial charge in [-0.15, -0.1) is 0 Å². The van der Waals surface area contributed by atoms with Crippen LogP contribution in [-0.2, 0) is 15.1 Å². The number of piperidine rings is 1. The zero-order chi connectivity index (χ0) is 19.7. The SMILES string of the molecule is CCC(=O)N[C@@](CCCNC(=O)OC)(c1cccc(Cl)c1)[C@@H]1CCCNC1. The van der Waals surface area contributed by atoms with Crippen LogP contribution in [0.1, 0.15) is 44.6 Å². The normalized spacial score (nSPS) is 19.0. The summed E-state index contributed by atoms with van der Waals surface area (Å²) in [6.07, 6.45) is 3.48. The van der Waals surface area contributed by atoms with E-state index in [-0.39, 0.29) is 11.8 Å². The molecule has 2 atom stereocenters. The number of hydrogen-bond donors (Lipinski definition) is 3. The van der Waals surface area contributed by atoms with Crippen LogP contribution in [0.5, 0.6) is 0 Å². The summed E-state index contributed by atoms with van der Waals surface area (Å²) in [5, 5.41) is 10.1. The van der Waals surface area contributed by atoms with Crippen LogP contribution >= 0.6 is 11.6 Å². The monoisotopic (exact) mass is 395 g/mol. The molecule has 0 unspecified atom stereocenters. The first-order chi connectivity index (χ1) is 13.0. The summed E-state index contributed by atoms with van der Waals surface area (Å²) < 4.78 is 4.63. The van der Waals surface area contributed by atoms with E-state index in [0.29, 0.717) is 30.8 Å². The molecule has 6 nitrogen and oxygen atoms in total. The molecule has 0 aliphatic carbocycles. The van der Waals surface area contributed by atoms with E-state index in [1.807, 2.05) is 31.2 Å². The lowest BCUT2D eigenvalue weighted by atomic mass is 9.71. The molecule has 0 bridgehead atoms. The molecule has 1 aliphatic heterocycles. The maximum absolute atomic E-state index is 12.5. The van der Waals surface area contributed by atoms with E-state index < -0.39 is 11.6 Å². The number of hydrogen-bond acceptors (Lipinski definition) is 4. The fraction of sp³-hybridized carbons (Fsp3) is 0.600. The van der Waals surface area contributed by atoms with E-state index in [9.17, 15) is 9.59 Å². The Balaban J connectivity index is 2.31. The molecular formula is C20H30ClN3O3. The molecule has 27 heavy (non-hydrogen) atoms. The molecule has 150 valence electrons. The van der Waals surface area contributed by atoms with Crippen LogP contribution in [0, 0.1) is 5.92 Å². The third kappa shape index (κ3) is 5.84. The summed E-state index contributed by atoms with van der Waals surface area (Å²) in [5.41, 5.74) is 0.493. The second-order valence-electron chi connectivity index (χ2n) is 6.95. The van der Waals surface area contributed by atoms with Crippen molar-refractivity contribution in [1.82, 2.24) is 16.0 Å². The van der Waals surface area contributed by atoms with Crippen molar-refractivity contribution in [2.24, 2.45) is 5.92 Å². The van der Waals surface area contributed by atoms with Crippen molar-refractivity contribution in [2.45, 2.75) is 44.6 Å². The maximum Gasteiger partial charge on any atom is 0.406 e. The number of carbonyl (C=O) groups excluding carboxylic acids is 2. The van der Waals surface area contributed by atoms with Crippen molar-refractivity contribution < 1.29 is 14.3 Å². The lowest BCUT2D eigenvalue weighted by molar-refractivity contribution is -0.124. The minimum Gasteiger partial charge on any atom is -0.453 e. The number of alkyl carbamates (subject to hydrolysis) is 1. The molecule has 1 saturated heterocycles. The van der Waals surface area contributed by atoms with Gasteiger partial charge in [-0.05, 0) is 55.8 Å². The van der Waals surface area contributed by atoms with Crippen molar-refractivity contribution in [2.75, 3.05) is 26.7 Å². The second-order valence-corrected chi connectivity index (χ2v) is 7.39. The Morgan fingerprint density at radius 1 is 1.41 bits per heavy atom. The molecule has 0 spiro atoms. The largest absolute Gasteiger partial charge is 0.453 e.